The van der Waals surface area contributed by atoms with Gasteiger partial charge in [-0.3, -0.25) is 0 Å². The molecular weight excluding hydrogens is 304 g/mol. The minimum Gasteiger partial charge on any atom is -0.491 e. The Morgan fingerprint density at radius 3 is 1.68 bits per heavy atom. The van der Waals surface area contributed by atoms with Crippen LogP contribution >= 0.6 is 0 Å². The number of ether oxygens (including phenoxy) is 1. The summed E-state index contributed by atoms with van der Waals surface area (Å²) in [5, 5.41) is 0. The van der Waals surface area contributed by atoms with Crippen molar-refractivity contribution in [2.24, 2.45) is 0 Å². The van der Waals surface area contributed by atoms with Gasteiger partial charge in [-0.25, -0.2) is 0 Å². The molecule has 1 nitrogen and oxygen atoms in total. The van der Waals surface area contributed by atoms with Crippen LogP contribution in [0.1, 0.15) is 89.8 Å². The monoisotopic (exact) mass is 338 g/mol. The molecule has 0 bridgehead atoms. The van der Waals surface area contributed by atoms with Crippen LogP contribution in [0.25, 0.3) is 11.1 Å². The Bertz CT molecular complexity index is 679. The van der Waals surface area contributed by atoms with Crippen LogP contribution in [0.15, 0.2) is 36.4 Å². The predicted molar refractivity (Wildman–Crippen MR) is 110 cm³/mol. The second-order valence-electron chi connectivity index (χ2n) is 8.23. The summed E-state index contributed by atoms with van der Waals surface area (Å²) >= 11 is 0. The second kappa shape index (κ2) is 8.08. The summed E-state index contributed by atoms with van der Waals surface area (Å²) in [6.07, 6.45) is 0.188. The molecule has 2 aromatic rings. The van der Waals surface area contributed by atoms with Crippen LogP contribution in [0.4, 0.5) is 0 Å². The van der Waals surface area contributed by atoms with E-state index >= 15 is 0 Å². The summed E-state index contributed by atoms with van der Waals surface area (Å²) in [6, 6.07) is 13.4. The zero-order chi connectivity index (χ0) is 18.7. The molecule has 0 aromatic heterocycles. The van der Waals surface area contributed by atoms with Crippen LogP contribution < -0.4 is 4.74 Å². The molecule has 0 atom stereocenters. The Hall–Kier alpha value is -1.76. The fourth-order valence-electron chi connectivity index (χ4n) is 3.29. The second-order valence-corrected chi connectivity index (χ2v) is 8.23. The lowest BCUT2D eigenvalue weighted by Gasteiger charge is -2.23. The highest BCUT2D eigenvalue weighted by molar-refractivity contribution is 5.74. The molecule has 0 saturated heterocycles. The van der Waals surface area contributed by atoms with E-state index < -0.39 is 0 Å². The van der Waals surface area contributed by atoms with Gasteiger partial charge in [0.2, 0.25) is 0 Å². The summed E-state index contributed by atoms with van der Waals surface area (Å²) in [7, 11) is 0. The quantitative estimate of drug-likeness (QED) is 0.529. The van der Waals surface area contributed by atoms with E-state index in [1.54, 1.807) is 0 Å². The topological polar surface area (TPSA) is 9.23 Å². The van der Waals surface area contributed by atoms with Crippen LogP contribution in [-0.2, 0) is 0 Å². The first kappa shape index (κ1) is 19.6. The third-order valence-electron chi connectivity index (χ3n) is 4.63. The summed E-state index contributed by atoms with van der Waals surface area (Å²) in [6.45, 7) is 17.9. The van der Waals surface area contributed by atoms with E-state index in [0.717, 1.165) is 5.75 Å². The Morgan fingerprint density at radius 1 is 0.680 bits per heavy atom. The van der Waals surface area contributed by atoms with E-state index in [9.17, 15) is 0 Å². The highest BCUT2D eigenvalue weighted by atomic mass is 16.5. The molecule has 25 heavy (non-hydrogen) atoms. The molecule has 0 radical (unpaired) electrons. The van der Waals surface area contributed by atoms with Crippen molar-refractivity contribution in [3.8, 4) is 16.9 Å². The Morgan fingerprint density at radius 2 is 1.24 bits per heavy atom. The number of rotatable bonds is 6. The van der Waals surface area contributed by atoms with Gasteiger partial charge in [0.25, 0.3) is 0 Å². The van der Waals surface area contributed by atoms with Crippen molar-refractivity contribution >= 4 is 0 Å². The van der Waals surface area contributed by atoms with Crippen molar-refractivity contribution in [1.29, 1.82) is 0 Å². The molecule has 136 valence electrons. The lowest BCUT2D eigenvalue weighted by atomic mass is 9.82. The molecule has 0 amide bonds. The van der Waals surface area contributed by atoms with Crippen LogP contribution in [0.2, 0.25) is 0 Å². The van der Waals surface area contributed by atoms with E-state index in [0.29, 0.717) is 17.8 Å². The van der Waals surface area contributed by atoms with Crippen molar-refractivity contribution in [2.45, 2.75) is 79.2 Å². The van der Waals surface area contributed by atoms with Gasteiger partial charge < -0.3 is 4.74 Å². The molecule has 1 heteroatoms. The van der Waals surface area contributed by atoms with Crippen molar-refractivity contribution in [3.63, 3.8) is 0 Å². The molecule has 0 fully saturated rings. The van der Waals surface area contributed by atoms with Crippen molar-refractivity contribution < 1.29 is 4.74 Å². The molecule has 0 heterocycles. The third-order valence-corrected chi connectivity index (χ3v) is 4.63. The standard InChI is InChI=1S/C24H34O/c1-15(2)20-13-22(16(3)4)24(23(14-20)17(5)6)19-10-9-11-21(12-19)25-18(7)8/h9-18H,1-8H3. The predicted octanol–water partition coefficient (Wildman–Crippen LogP) is 7.51. The Kier molecular flexibility index (Phi) is 6.32. The largest absolute Gasteiger partial charge is 0.491 e. The van der Waals surface area contributed by atoms with Gasteiger partial charge in [-0.2, -0.15) is 0 Å². The molecule has 2 rings (SSSR count). The van der Waals surface area contributed by atoms with Gasteiger partial charge in [-0.1, -0.05) is 65.8 Å². The van der Waals surface area contributed by atoms with Crippen LogP contribution in [0, 0.1) is 0 Å². The van der Waals surface area contributed by atoms with E-state index in [1.807, 2.05) is 0 Å². The third kappa shape index (κ3) is 4.66. The molecule has 0 saturated carbocycles. The van der Waals surface area contributed by atoms with Gasteiger partial charge in [-0.15, -0.1) is 0 Å². The van der Waals surface area contributed by atoms with E-state index in [4.69, 9.17) is 4.74 Å². The molecule has 0 N–H and O–H groups in total. The maximum atomic E-state index is 5.94. The normalized spacial score (nSPS) is 11.8. The average Bonchev–Trinajstić information content (AvgIpc) is 2.52. The van der Waals surface area contributed by atoms with Gasteiger partial charge in [0.05, 0.1) is 6.10 Å². The zero-order valence-electron chi connectivity index (χ0n) is 17.2. The Balaban J connectivity index is 2.70. The number of hydrogen-bond acceptors (Lipinski definition) is 1. The first-order chi connectivity index (χ1) is 11.7. The molecule has 0 spiro atoms. The zero-order valence-corrected chi connectivity index (χ0v) is 17.2. The fourth-order valence-corrected chi connectivity index (χ4v) is 3.29. The first-order valence-corrected chi connectivity index (χ1v) is 9.65. The van der Waals surface area contributed by atoms with Crippen LogP contribution in [-0.4, -0.2) is 6.10 Å². The summed E-state index contributed by atoms with van der Waals surface area (Å²) in [5.41, 5.74) is 6.98. The minimum atomic E-state index is 0.188. The van der Waals surface area contributed by atoms with Gasteiger partial charge in [-0.05, 0) is 71.6 Å². The van der Waals surface area contributed by atoms with Gasteiger partial charge >= 0.3 is 0 Å². The molecule has 0 aliphatic rings. The molecule has 0 unspecified atom stereocenters. The summed E-state index contributed by atoms with van der Waals surface area (Å²) in [4.78, 5) is 0. The smallest absolute Gasteiger partial charge is 0.120 e. The van der Waals surface area contributed by atoms with Crippen LogP contribution in [0.3, 0.4) is 0 Å². The van der Waals surface area contributed by atoms with Crippen molar-refractivity contribution in [3.05, 3.63) is 53.1 Å². The summed E-state index contributed by atoms with van der Waals surface area (Å²) < 4.78 is 5.94. The van der Waals surface area contributed by atoms with E-state index in [-0.39, 0.29) is 6.10 Å². The summed E-state index contributed by atoms with van der Waals surface area (Å²) in [5.74, 6) is 2.46. The van der Waals surface area contributed by atoms with E-state index in [1.165, 1.54) is 27.8 Å². The molecule has 2 aromatic carbocycles. The van der Waals surface area contributed by atoms with Gasteiger partial charge in [0, 0.05) is 0 Å². The maximum Gasteiger partial charge on any atom is 0.120 e. The average molecular weight is 339 g/mol. The van der Waals surface area contributed by atoms with E-state index in [2.05, 4.69) is 91.8 Å². The molecule has 0 aliphatic heterocycles. The highest BCUT2D eigenvalue weighted by Crippen LogP contribution is 2.39. The van der Waals surface area contributed by atoms with Gasteiger partial charge in [0.15, 0.2) is 0 Å². The lowest BCUT2D eigenvalue weighted by Crippen LogP contribution is -2.06. The Labute approximate surface area is 154 Å². The minimum absolute atomic E-state index is 0.188. The molecule has 0 aliphatic carbocycles. The lowest BCUT2D eigenvalue weighted by molar-refractivity contribution is 0.242. The van der Waals surface area contributed by atoms with Gasteiger partial charge in [0.1, 0.15) is 5.75 Å². The number of benzene rings is 2. The van der Waals surface area contributed by atoms with Crippen molar-refractivity contribution in [1.82, 2.24) is 0 Å². The molecular formula is C24H34O. The highest BCUT2D eigenvalue weighted by Gasteiger charge is 2.18. The first-order valence-electron chi connectivity index (χ1n) is 9.65. The SMILES string of the molecule is CC(C)Oc1cccc(-c2c(C(C)C)cc(C(C)C)cc2C(C)C)c1. The number of hydrogen-bond donors (Lipinski definition) is 0. The van der Waals surface area contributed by atoms with Crippen LogP contribution in [0.5, 0.6) is 5.75 Å². The van der Waals surface area contributed by atoms with Crippen molar-refractivity contribution in [2.75, 3.05) is 0 Å². The fraction of sp³-hybridized carbons (Fsp3) is 0.500. The maximum absolute atomic E-state index is 5.94.